The van der Waals surface area contributed by atoms with Crippen LogP contribution in [0.4, 0.5) is 5.69 Å². The molecule has 0 aliphatic carbocycles. The number of carbonyl (C=O) groups is 1. The van der Waals surface area contributed by atoms with E-state index in [-0.39, 0.29) is 18.0 Å². The SMILES string of the molecule is Cc1cccc(C)c1N(C(=O)C1CCCCN1C)C(C)C. The van der Waals surface area contributed by atoms with Crippen molar-refractivity contribution in [1.82, 2.24) is 4.90 Å². The maximum absolute atomic E-state index is 13.1. The number of para-hydroxylation sites is 1. The zero-order chi connectivity index (χ0) is 15.6. The first-order valence-corrected chi connectivity index (χ1v) is 8.03. The number of likely N-dealkylation sites (N-methyl/N-ethyl adjacent to an activating group) is 1. The molecule has 0 saturated carbocycles. The maximum Gasteiger partial charge on any atom is 0.244 e. The van der Waals surface area contributed by atoms with Gasteiger partial charge in [-0.15, -0.1) is 0 Å². The molecule has 0 spiro atoms. The van der Waals surface area contributed by atoms with E-state index < -0.39 is 0 Å². The third kappa shape index (κ3) is 3.29. The van der Waals surface area contributed by atoms with Crippen LogP contribution in [0.5, 0.6) is 0 Å². The van der Waals surface area contributed by atoms with Crippen LogP contribution in [0, 0.1) is 13.8 Å². The van der Waals surface area contributed by atoms with E-state index >= 15 is 0 Å². The number of hydrogen-bond acceptors (Lipinski definition) is 2. The van der Waals surface area contributed by atoms with Crippen molar-refractivity contribution in [3.05, 3.63) is 29.3 Å². The summed E-state index contributed by atoms with van der Waals surface area (Å²) in [5.41, 5.74) is 3.45. The number of anilines is 1. The molecule has 116 valence electrons. The molecular weight excluding hydrogens is 260 g/mol. The van der Waals surface area contributed by atoms with Gasteiger partial charge in [-0.3, -0.25) is 9.69 Å². The monoisotopic (exact) mass is 288 g/mol. The third-order valence-corrected chi connectivity index (χ3v) is 4.49. The number of piperidine rings is 1. The molecule has 1 aromatic carbocycles. The topological polar surface area (TPSA) is 23.6 Å². The Bertz CT molecular complexity index is 490. The summed E-state index contributed by atoms with van der Waals surface area (Å²) in [6.45, 7) is 9.42. The van der Waals surface area contributed by atoms with Crippen LogP contribution in [0.15, 0.2) is 18.2 Å². The number of nitrogens with zero attached hydrogens (tertiary/aromatic N) is 2. The number of amides is 1. The number of benzene rings is 1. The van der Waals surface area contributed by atoms with Gasteiger partial charge in [-0.05, 0) is 65.3 Å². The quantitative estimate of drug-likeness (QED) is 0.849. The number of hydrogen-bond donors (Lipinski definition) is 0. The molecule has 0 bridgehead atoms. The lowest BCUT2D eigenvalue weighted by atomic mass is 9.99. The second kappa shape index (κ2) is 6.61. The molecule has 1 atom stereocenters. The maximum atomic E-state index is 13.1. The molecular formula is C18H28N2O. The van der Waals surface area contributed by atoms with Crippen LogP contribution in [0.2, 0.25) is 0 Å². The van der Waals surface area contributed by atoms with E-state index in [9.17, 15) is 4.79 Å². The summed E-state index contributed by atoms with van der Waals surface area (Å²) < 4.78 is 0. The van der Waals surface area contributed by atoms with Gasteiger partial charge in [0, 0.05) is 11.7 Å². The Morgan fingerprint density at radius 2 is 1.86 bits per heavy atom. The highest BCUT2D eigenvalue weighted by molar-refractivity contribution is 5.99. The molecule has 3 nitrogen and oxygen atoms in total. The summed E-state index contributed by atoms with van der Waals surface area (Å²) >= 11 is 0. The third-order valence-electron chi connectivity index (χ3n) is 4.49. The molecule has 1 aliphatic heterocycles. The average molecular weight is 288 g/mol. The van der Waals surface area contributed by atoms with Gasteiger partial charge < -0.3 is 4.90 Å². The van der Waals surface area contributed by atoms with E-state index in [1.807, 2.05) is 4.90 Å². The van der Waals surface area contributed by atoms with E-state index in [1.54, 1.807) is 0 Å². The van der Waals surface area contributed by atoms with Gasteiger partial charge in [0.1, 0.15) is 0 Å². The van der Waals surface area contributed by atoms with Crippen molar-refractivity contribution in [1.29, 1.82) is 0 Å². The molecule has 1 heterocycles. The minimum absolute atomic E-state index is 0.0279. The minimum Gasteiger partial charge on any atom is -0.308 e. The predicted molar refractivity (Wildman–Crippen MR) is 88.8 cm³/mol. The molecule has 3 heteroatoms. The van der Waals surface area contributed by atoms with Gasteiger partial charge in [-0.1, -0.05) is 24.6 Å². The Labute approximate surface area is 128 Å². The van der Waals surface area contributed by atoms with Gasteiger partial charge in [0.25, 0.3) is 0 Å². The summed E-state index contributed by atoms with van der Waals surface area (Å²) in [5, 5.41) is 0. The molecule has 2 rings (SSSR count). The van der Waals surface area contributed by atoms with Crippen LogP contribution in [0.25, 0.3) is 0 Å². The predicted octanol–water partition coefficient (Wildman–Crippen LogP) is 3.53. The number of aryl methyl sites for hydroxylation is 2. The lowest BCUT2D eigenvalue weighted by Crippen LogP contribution is -2.52. The fraction of sp³-hybridized carbons (Fsp3) is 0.611. The molecule has 0 aromatic heterocycles. The van der Waals surface area contributed by atoms with Gasteiger partial charge >= 0.3 is 0 Å². The van der Waals surface area contributed by atoms with Crippen LogP contribution in [0.1, 0.15) is 44.2 Å². The van der Waals surface area contributed by atoms with E-state index in [4.69, 9.17) is 0 Å². The Balaban J connectivity index is 2.37. The minimum atomic E-state index is 0.0279. The molecule has 0 N–H and O–H groups in total. The summed E-state index contributed by atoms with van der Waals surface area (Å²) in [4.78, 5) is 17.4. The highest BCUT2D eigenvalue weighted by Crippen LogP contribution is 2.29. The van der Waals surface area contributed by atoms with E-state index in [0.717, 1.165) is 25.1 Å². The van der Waals surface area contributed by atoms with Crippen molar-refractivity contribution in [3.63, 3.8) is 0 Å². The second-order valence-corrected chi connectivity index (χ2v) is 6.53. The Hall–Kier alpha value is -1.35. The van der Waals surface area contributed by atoms with Gasteiger partial charge in [-0.2, -0.15) is 0 Å². The lowest BCUT2D eigenvalue weighted by Gasteiger charge is -2.38. The summed E-state index contributed by atoms with van der Waals surface area (Å²) in [6, 6.07) is 6.45. The molecule has 1 saturated heterocycles. The summed E-state index contributed by atoms with van der Waals surface area (Å²) in [5.74, 6) is 0.254. The van der Waals surface area contributed by atoms with Crippen molar-refractivity contribution < 1.29 is 4.79 Å². The molecule has 0 radical (unpaired) electrons. The number of likely N-dealkylation sites (tertiary alicyclic amines) is 1. The van der Waals surface area contributed by atoms with Crippen LogP contribution in [-0.2, 0) is 4.79 Å². The van der Waals surface area contributed by atoms with Crippen LogP contribution in [-0.4, -0.2) is 36.5 Å². The van der Waals surface area contributed by atoms with E-state index in [0.29, 0.717) is 0 Å². The Kier molecular flexibility index (Phi) is 5.04. The fourth-order valence-corrected chi connectivity index (χ4v) is 3.36. The highest BCUT2D eigenvalue weighted by Gasteiger charge is 2.32. The van der Waals surface area contributed by atoms with Gasteiger partial charge in [0.15, 0.2) is 0 Å². The van der Waals surface area contributed by atoms with Crippen LogP contribution < -0.4 is 4.90 Å². The van der Waals surface area contributed by atoms with Crippen molar-refractivity contribution in [3.8, 4) is 0 Å². The molecule has 1 unspecified atom stereocenters. The van der Waals surface area contributed by atoms with E-state index in [2.05, 4.69) is 57.8 Å². The first kappa shape index (κ1) is 16.0. The Morgan fingerprint density at radius 3 is 2.38 bits per heavy atom. The van der Waals surface area contributed by atoms with E-state index in [1.165, 1.54) is 17.5 Å². The zero-order valence-electron chi connectivity index (χ0n) is 14.0. The van der Waals surface area contributed by atoms with Crippen molar-refractivity contribution in [2.24, 2.45) is 0 Å². The van der Waals surface area contributed by atoms with Gasteiger partial charge in [-0.25, -0.2) is 0 Å². The molecule has 1 aliphatic rings. The smallest absolute Gasteiger partial charge is 0.244 e. The highest BCUT2D eigenvalue weighted by atomic mass is 16.2. The van der Waals surface area contributed by atoms with Crippen molar-refractivity contribution in [2.75, 3.05) is 18.5 Å². The van der Waals surface area contributed by atoms with Gasteiger partial charge in [0.05, 0.1) is 6.04 Å². The first-order valence-electron chi connectivity index (χ1n) is 8.03. The summed E-state index contributed by atoms with van der Waals surface area (Å²) in [7, 11) is 2.07. The Morgan fingerprint density at radius 1 is 1.24 bits per heavy atom. The molecule has 1 aromatic rings. The molecule has 1 amide bonds. The lowest BCUT2D eigenvalue weighted by molar-refractivity contribution is -0.124. The number of carbonyl (C=O) groups excluding carboxylic acids is 1. The zero-order valence-corrected chi connectivity index (χ0v) is 14.0. The van der Waals surface area contributed by atoms with Crippen molar-refractivity contribution in [2.45, 2.75) is 59.0 Å². The molecule has 21 heavy (non-hydrogen) atoms. The normalized spacial score (nSPS) is 19.8. The van der Waals surface area contributed by atoms with Crippen LogP contribution in [0.3, 0.4) is 0 Å². The first-order chi connectivity index (χ1) is 9.93. The standard InChI is InChI=1S/C18H28N2O/c1-13(2)20(17-14(3)9-8-10-15(17)4)18(21)16-11-6-7-12-19(16)5/h8-10,13,16H,6-7,11-12H2,1-5H3. The second-order valence-electron chi connectivity index (χ2n) is 6.53. The summed E-state index contributed by atoms with van der Waals surface area (Å²) in [6.07, 6.45) is 3.33. The average Bonchev–Trinajstić information content (AvgIpc) is 2.42. The molecule has 1 fully saturated rings. The number of rotatable bonds is 3. The largest absolute Gasteiger partial charge is 0.308 e. The van der Waals surface area contributed by atoms with Crippen molar-refractivity contribution >= 4 is 11.6 Å². The van der Waals surface area contributed by atoms with Gasteiger partial charge in [0.2, 0.25) is 5.91 Å². The van der Waals surface area contributed by atoms with Crippen LogP contribution >= 0.6 is 0 Å². The fourth-order valence-electron chi connectivity index (χ4n) is 3.36.